The van der Waals surface area contributed by atoms with Gasteiger partial charge in [-0.25, -0.2) is 23.7 Å². The van der Waals surface area contributed by atoms with Crippen molar-refractivity contribution in [1.29, 1.82) is 0 Å². The molecule has 0 aliphatic carbocycles. The van der Waals surface area contributed by atoms with Gasteiger partial charge in [-0.05, 0) is 47.3 Å². The third-order valence-corrected chi connectivity index (χ3v) is 7.36. The van der Waals surface area contributed by atoms with Gasteiger partial charge in [-0.15, -0.1) is 11.3 Å². The van der Waals surface area contributed by atoms with E-state index in [1.165, 1.54) is 34.8 Å². The van der Waals surface area contributed by atoms with E-state index in [0.717, 1.165) is 21.9 Å². The maximum absolute atomic E-state index is 13.4. The van der Waals surface area contributed by atoms with Crippen molar-refractivity contribution in [2.75, 3.05) is 17.6 Å². The zero-order chi connectivity index (χ0) is 21.5. The fourth-order valence-corrected chi connectivity index (χ4v) is 4.79. The smallest absolute Gasteiger partial charge is 0.262 e. The van der Waals surface area contributed by atoms with E-state index in [4.69, 9.17) is 0 Å². The number of hydrogen-bond donors (Lipinski definition) is 3. The maximum atomic E-state index is 13.4. The SMILES string of the molecule is CN(c1ccc2sc(C(=O)NC3CC(c4cccc(F)c4)NN3)cc2c1)S(C)(=O)=O. The highest BCUT2D eigenvalue weighted by atomic mass is 32.2. The number of sulfonamides is 1. The van der Waals surface area contributed by atoms with Crippen LogP contribution in [-0.2, 0) is 10.0 Å². The van der Waals surface area contributed by atoms with Crippen LogP contribution in [0.15, 0.2) is 48.5 Å². The minimum absolute atomic E-state index is 0.109. The van der Waals surface area contributed by atoms with Crippen LogP contribution in [0.2, 0.25) is 0 Å². The molecule has 2 atom stereocenters. The molecule has 2 unspecified atom stereocenters. The first-order valence-electron chi connectivity index (χ1n) is 9.25. The van der Waals surface area contributed by atoms with E-state index >= 15 is 0 Å². The molecule has 0 spiro atoms. The van der Waals surface area contributed by atoms with Crippen molar-refractivity contribution in [2.45, 2.75) is 18.6 Å². The molecule has 3 aromatic rings. The molecular formula is C20H21FN4O3S2. The lowest BCUT2D eigenvalue weighted by molar-refractivity contribution is 0.0936. The van der Waals surface area contributed by atoms with Crippen LogP contribution >= 0.6 is 11.3 Å². The van der Waals surface area contributed by atoms with Crippen LogP contribution in [-0.4, -0.2) is 33.8 Å². The molecule has 0 bridgehead atoms. The minimum Gasteiger partial charge on any atom is -0.335 e. The Hall–Kier alpha value is -2.53. The summed E-state index contributed by atoms with van der Waals surface area (Å²) in [5.41, 5.74) is 7.45. The Morgan fingerprint density at radius 1 is 1.20 bits per heavy atom. The Morgan fingerprint density at radius 2 is 2.00 bits per heavy atom. The molecule has 1 aromatic heterocycles. The highest BCUT2D eigenvalue weighted by Gasteiger charge is 2.27. The normalized spacial score (nSPS) is 19.2. The summed E-state index contributed by atoms with van der Waals surface area (Å²) < 4.78 is 39.0. The highest BCUT2D eigenvalue weighted by molar-refractivity contribution is 7.92. The lowest BCUT2D eigenvalue weighted by Crippen LogP contribution is -2.43. The number of amides is 1. The fraction of sp³-hybridized carbons (Fsp3) is 0.250. The molecule has 1 amide bonds. The van der Waals surface area contributed by atoms with Gasteiger partial charge in [0, 0.05) is 24.2 Å². The van der Waals surface area contributed by atoms with Crippen LogP contribution in [0.25, 0.3) is 10.1 Å². The Bertz CT molecular complexity index is 1210. The fourth-order valence-electron chi connectivity index (χ4n) is 3.35. The molecule has 3 N–H and O–H groups in total. The van der Waals surface area contributed by atoms with E-state index in [2.05, 4.69) is 16.2 Å². The Labute approximate surface area is 177 Å². The average Bonchev–Trinajstić information content (AvgIpc) is 3.33. The molecule has 2 heterocycles. The number of nitrogens with one attached hydrogen (secondary N) is 3. The van der Waals surface area contributed by atoms with E-state index in [0.29, 0.717) is 17.0 Å². The van der Waals surface area contributed by atoms with E-state index in [-0.39, 0.29) is 23.9 Å². The van der Waals surface area contributed by atoms with Crippen molar-refractivity contribution in [2.24, 2.45) is 0 Å². The minimum atomic E-state index is -3.36. The number of carbonyl (C=O) groups excluding carboxylic acids is 1. The molecule has 1 aliphatic heterocycles. The first-order valence-corrected chi connectivity index (χ1v) is 11.9. The number of fused-ring (bicyclic) bond motifs is 1. The molecule has 1 aliphatic rings. The molecule has 7 nitrogen and oxygen atoms in total. The molecule has 2 aromatic carbocycles. The van der Waals surface area contributed by atoms with Gasteiger partial charge in [0.05, 0.1) is 23.0 Å². The van der Waals surface area contributed by atoms with Crippen LogP contribution < -0.4 is 20.5 Å². The predicted octanol–water partition coefficient (Wildman–Crippen LogP) is 2.73. The topological polar surface area (TPSA) is 90.5 Å². The van der Waals surface area contributed by atoms with Gasteiger partial charge < -0.3 is 5.32 Å². The number of hydrazine groups is 1. The molecule has 4 rings (SSSR count). The second-order valence-corrected chi connectivity index (χ2v) is 10.3. The largest absolute Gasteiger partial charge is 0.335 e. The van der Waals surface area contributed by atoms with Gasteiger partial charge in [-0.1, -0.05) is 12.1 Å². The second kappa shape index (κ2) is 7.95. The summed E-state index contributed by atoms with van der Waals surface area (Å²) in [6.45, 7) is 0. The number of hydrogen-bond acceptors (Lipinski definition) is 6. The lowest BCUT2D eigenvalue weighted by Gasteiger charge is -2.16. The standard InChI is InChI=1S/C20H21FN4O3S2/c1-25(30(2,27)28)15-6-7-17-13(9-15)10-18(29-17)20(26)22-19-11-16(23-24-19)12-4-3-5-14(21)8-12/h3-10,16,19,23-24H,11H2,1-2H3,(H,22,26). The summed E-state index contributed by atoms with van der Waals surface area (Å²) in [5, 5.41) is 3.73. The predicted molar refractivity (Wildman–Crippen MR) is 116 cm³/mol. The number of nitrogens with zero attached hydrogens (tertiary/aromatic N) is 1. The summed E-state index contributed by atoms with van der Waals surface area (Å²) >= 11 is 1.34. The number of benzene rings is 2. The summed E-state index contributed by atoms with van der Waals surface area (Å²) in [7, 11) is -1.87. The Morgan fingerprint density at radius 3 is 2.73 bits per heavy atom. The van der Waals surface area contributed by atoms with Crippen molar-refractivity contribution < 1.29 is 17.6 Å². The van der Waals surface area contributed by atoms with Gasteiger partial charge in [0.1, 0.15) is 5.82 Å². The van der Waals surface area contributed by atoms with Crippen molar-refractivity contribution >= 4 is 43.0 Å². The highest BCUT2D eigenvalue weighted by Crippen LogP contribution is 2.30. The molecule has 0 saturated carbocycles. The Balaban J connectivity index is 1.46. The van der Waals surface area contributed by atoms with Gasteiger partial charge in [0.2, 0.25) is 10.0 Å². The van der Waals surface area contributed by atoms with E-state index in [9.17, 15) is 17.6 Å². The lowest BCUT2D eigenvalue weighted by atomic mass is 10.0. The van der Waals surface area contributed by atoms with Gasteiger partial charge in [0.15, 0.2) is 0 Å². The quantitative estimate of drug-likeness (QED) is 0.558. The van der Waals surface area contributed by atoms with Crippen molar-refractivity contribution in [3.8, 4) is 0 Å². The van der Waals surface area contributed by atoms with Gasteiger partial charge in [-0.2, -0.15) is 0 Å². The number of halogens is 1. The Kier molecular flexibility index (Phi) is 5.49. The number of anilines is 1. The zero-order valence-electron chi connectivity index (χ0n) is 16.3. The van der Waals surface area contributed by atoms with Crippen LogP contribution in [0, 0.1) is 5.82 Å². The average molecular weight is 449 g/mol. The molecule has 1 saturated heterocycles. The van der Waals surface area contributed by atoms with Gasteiger partial charge >= 0.3 is 0 Å². The van der Waals surface area contributed by atoms with Gasteiger partial charge in [0.25, 0.3) is 5.91 Å². The van der Waals surface area contributed by atoms with Crippen LogP contribution in [0.4, 0.5) is 10.1 Å². The van der Waals surface area contributed by atoms with Crippen molar-refractivity contribution in [1.82, 2.24) is 16.2 Å². The summed E-state index contributed by atoms with van der Waals surface area (Å²) in [6.07, 6.45) is 1.41. The van der Waals surface area contributed by atoms with Gasteiger partial charge in [-0.3, -0.25) is 9.10 Å². The summed E-state index contributed by atoms with van der Waals surface area (Å²) in [4.78, 5) is 13.2. The third-order valence-electron chi connectivity index (χ3n) is 5.04. The first-order chi connectivity index (χ1) is 14.2. The van der Waals surface area contributed by atoms with E-state index < -0.39 is 10.0 Å². The molecule has 10 heteroatoms. The first kappa shape index (κ1) is 20.7. The molecule has 1 fully saturated rings. The zero-order valence-corrected chi connectivity index (χ0v) is 18.0. The molecule has 30 heavy (non-hydrogen) atoms. The number of carbonyl (C=O) groups is 1. The summed E-state index contributed by atoms with van der Waals surface area (Å²) in [5.74, 6) is -0.527. The summed E-state index contributed by atoms with van der Waals surface area (Å²) in [6, 6.07) is 13.3. The monoisotopic (exact) mass is 448 g/mol. The van der Waals surface area contributed by atoms with E-state index in [1.807, 2.05) is 12.1 Å². The van der Waals surface area contributed by atoms with E-state index in [1.54, 1.807) is 24.3 Å². The van der Waals surface area contributed by atoms with Crippen molar-refractivity contribution in [3.63, 3.8) is 0 Å². The number of rotatable bonds is 5. The van der Waals surface area contributed by atoms with Crippen molar-refractivity contribution in [3.05, 3.63) is 64.8 Å². The van der Waals surface area contributed by atoms with Crippen LogP contribution in [0.3, 0.4) is 0 Å². The second-order valence-electron chi connectivity index (χ2n) is 7.22. The van der Waals surface area contributed by atoms with Crippen LogP contribution in [0.5, 0.6) is 0 Å². The number of thiophene rings is 1. The third kappa shape index (κ3) is 4.31. The maximum Gasteiger partial charge on any atom is 0.262 e. The molecule has 158 valence electrons. The molecule has 0 radical (unpaired) electrons. The molecular weight excluding hydrogens is 427 g/mol. The van der Waals surface area contributed by atoms with Crippen LogP contribution in [0.1, 0.15) is 27.7 Å².